The minimum Gasteiger partial charge on any atom is -0.352 e. The van der Waals surface area contributed by atoms with Gasteiger partial charge in [-0.1, -0.05) is 55.0 Å². The van der Waals surface area contributed by atoms with Gasteiger partial charge in [0, 0.05) is 24.2 Å². The van der Waals surface area contributed by atoms with Crippen LogP contribution in [0.4, 0.5) is 5.69 Å². The molecule has 6 nitrogen and oxygen atoms in total. The Bertz CT molecular complexity index is 1310. The number of anilines is 1. The van der Waals surface area contributed by atoms with E-state index in [9.17, 15) is 9.59 Å². The van der Waals surface area contributed by atoms with Crippen molar-refractivity contribution in [1.29, 1.82) is 0 Å². The molecule has 0 aliphatic rings. The summed E-state index contributed by atoms with van der Waals surface area (Å²) in [5, 5.41) is 6.03. The summed E-state index contributed by atoms with van der Waals surface area (Å²) in [6.07, 6.45) is 2.23. The van der Waals surface area contributed by atoms with E-state index in [-0.39, 0.29) is 18.4 Å². The summed E-state index contributed by atoms with van der Waals surface area (Å²) >= 11 is 0. The van der Waals surface area contributed by atoms with Gasteiger partial charge in [0.25, 0.3) is 5.91 Å². The van der Waals surface area contributed by atoms with Gasteiger partial charge in [-0.05, 0) is 55.7 Å². The predicted octanol–water partition coefficient (Wildman–Crippen LogP) is 4.91. The van der Waals surface area contributed by atoms with E-state index >= 15 is 0 Å². The highest BCUT2D eigenvalue weighted by Gasteiger charge is 2.15. The number of hydrogen-bond acceptors (Lipinski definition) is 3. The molecule has 4 rings (SSSR count). The van der Waals surface area contributed by atoms with Gasteiger partial charge in [-0.3, -0.25) is 9.59 Å². The molecule has 0 bridgehead atoms. The number of aryl methyl sites for hydroxylation is 3. The summed E-state index contributed by atoms with van der Waals surface area (Å²) in [5.74, 6) is 0.675. The van der Waals surface area contributed by atoms with Crippen LogP contribution in [-0.2, 0) is 24.2 Å². The molecule has 6 heteroatoms. The zero-order valence-corrected chi connectivity index (χ0v) is 19.7. The van der Waals surface area contributed by atoms with E-state index in [0.717, 1.165) is 46.5 Å². The maximum atomic E-state index is 12.9. The van der Waals surface area contributed by atoms with Crippen LogP contribution < -0.4 is 10.6 Å². The van der Waals surface area contributed by atoms with Gasteiger partial charge >= 0.3 is 0 Å². The maximum absolute atomic E-state index is 12.9. The molecule has 0 fully saturated rings. The van der Waals surface area contributed by atoms with Gasteiger partial charge in [0.05, 0.1) is 11.0 Å². The highest BCUT2D eigenvalue weighted by molar-refractivity contribution is 5.94. The SMILES string of the molecule is CCc1ccccc1NC(=O)Cn1c(CCCNC(=O)c2cccc(C)c2)nc2ccccc21. The summed E-state index contributed by atoms with van der Waals surface area (Å²) in [6, 6.07) is 23.3. The van der Waals surface area contributed by atoms with Gasteiger partial charge in [0.1, 0.15) is 12.4 Å². The van der Waals surface area contributed by atoms with E-state index in [2.05, 4.69) is 17.6 Å². The average molecular weight is 455 g/mol. The van der Waals surface area contributed by atoms with Crippen molar-refractivity contribution in [2.24, 2.45) is 0 Å². The lowest BCUT2D eigenvalue weighted by Gasteiger charge is -2.12. The second kappa shape index (κ2) is 10.8. The molecule has 0 saturated carbocycles. The second-order valence-corrected chi connectivity index (χ2v) is 8.39. The Morgan fingerprint density at radius 2 is 1.76 bits per heavy atom. The number of fused-ring (bicyclic) bond motifs is 1. The van der Waals surface area contributed by atoms with Crippen LogP contribution in [-0.4, -0.2) is 27.9 Å². The number of hydrogen-bond donors (Lipinski definition) is 2. The number of rotatable bonds is 9. The smallest absolute Gasteiger partial charge is 0.251 e. The summed E-state index contributed by atoms with van der Waals surface area (Å²) in [6.45, 7) is 4.76. The lowest BCUT2D eigenvalue weighted by atomic mass is 10.1. The fraction of sp³-hybridized carbons (Fsp3) is 0.250. The summed E-state index contributed by atoms with van der Waals surface area (Å²) in [7, 11) is 0. The zero-order valence-electron chi connectivity index (χ0n) is 19.7. The lowest BCUT2D eigenvalue weighted by Crippen LogP contribution is -2.25. The summed E-state index contributed by atoms with van der Waals surface area (Å²) < 4.78 is 1.97. The predicted molar refractivity (Wildman–Crippen MR) is 136 cm³/mol. The molecular weight excluding hydrogens is 424 g/mol. The third-order valence-corrected chi connectivity index (χ3v) is 5.85. The Hall–Kier alpha value is -3.93. The first-order chi connectivity index (χ1) is 16.5. The summed E-state index contributed by atoms with van der Waals surface area (Å²) in [4.78, 5) is 30.1. The van der Waals surface area contributed by atoms with Crippen molar-refractivity contribution in [3.05, 3.63) is 95.3 Å². The molecule has 174 valence electrons. The van der Waals surface area contributed by atoms with Crippen molar-refractivity contribution in [3.63, 3.8) is 0 Å². The molecule has 2 amide bonds. The minimum atomic E-state index is -0.0851. The van der Waals surface area contributed by atoms with Crippen molar-refractivity contribution < 1.29 is 9.59 Å². The van der Waals surface area contributed by atoms with Gasteiger partial charge in [0.15, 0.2) is 0 Å². The zero-order chi connectivity index (χ0) is 23.9. The van der Waals surface area contributed by atoms with Gasteiger partial charge in [-0.15, -0.1) is 0 Å². The number of carbonyl (C=O) groups is 2. The molecule has 0 spiro atoms. The number of carbonyl (C=O) groups excluding carboxylic acids is 2. The van der Waals surface area contributed by atoms with Crippen molar-refractivity contribution in [2.45, 2.75) is 39.7 Å². The topological polar surface area (TPSA) is 76.0 Å². The quantitative estimate of drug-likeness (QED) is 0.353. The Labute approximate surface area is 200 Å². The van der Waals surface area contributed by atoms with E-state index in [1.165, 1.54) is 0 Å². The molecule has 3 aromatic carbocycles. The van der Waals surface area contributed by atoms with Crippen molar-refractivity contribution in [2.75, 3.05) is 11.9 Å². The van der Waals surface area contributed by atoms with Gasteiger partial charge in [-0.2, -0.15) is 0 Å². The highest BCUT2D eigenvalue weighted by Crippen LogP contribution is 2.19. The third-order valence-electron chi connectivity index (χ3n) is 5.85. The molecule has 1 heterocycles. The number of nitrogens with one attached hydrogen (secondary N) is 2. The van der Waals surface area contributed by atoms with Crippen molar-refractivity contribution in [3.8, 4) is 0 Å². The van der Waals surface area contributed by atoms with E-state index in [1.54, 1.807) is 0 Å². The standard InChI is InChI=1S/C28H30N4O2/c1-3-21-11-4-5-13-23(21)31-27(33)19-32-25-15-7-6-14-24(25)30-26(32)16-9-17-29-28(34)22-12-8-10-20(2)18-22/h4-8,10-15,18H,3,9,16-17,19H2,1-2H3,(H,29,34)(H,31,33). The molecule has 1 aromatic heterocycles. The maximum Gasteiger partial charge on any atom is 0.251 e. The minimum absolute atomic E-state index is 0.0776. The summed E-state index contributed by atoms with van der Waals surface area (Å²) in [5.41, 5.74) is 5.47. The molecule has 4 aromatic rings. The number of amides is 2. The fourth-order valence-corrected chi connectivity index (χ4v) is 4.11. The number of para-hydroxylation sites is 3. The molecular formula is C28H30N4O2. The number of imidazole rings is 1. The molecule has 34 heavy (non-hydrogen) atoms. The van der Waals surface area contributed by atoms with Gasteiger partial charge in [-0.25, -0.2) is 4.98 Å². The Kier molecular flexibility index (Phi) is 7.38. The van der Waals surface area contributed by atoms with Crippen LogP contribution in [0.5, 0.6) is 0 Å². The monoisotopic (exact) mass is 454 g/mol. The van der Waals surface area contributed by atoms with Crippen LogP contribution in [0, 0.1) is 6.92 Å². The Morgan fingerprint density at radius 1 is 0.971 bits per heavy atom. The molecule has 0 radical (unpaired) electrons. The van der Waals surface area contributed by atoms with Crippen LogP contribution in [0.15, 0.2) is 72.8 Å². The van der Waals surface area contributed by atoms with E-state index in [1.807, 2.05) is 84.3 Å². The van der Waals surface area contributed by atoms with E-state index in [4.69, 9.17) is 4.98 Å². The third kappa shape index (κ3) is 5.52. The van der Waals surface area contributed by atoms with E-state index in [0.29, 0.717) is 18.5 Å². The highest BCUT2D eigenvalue weighted by atomic mass is 16.2. The molecule has 0 saturated heterocycles. The molecule has 2 N–H and O–H groups in total. The van der Waals surface area contributed by atoms with Crippen LogP contribution in [0.3, 0.4) is 0 Å². The first-order valence-electron chi connectivity index (χ1n) is 11.7. The lowest BCUT2D eigenvalue weighted by molar-refractivity contribution is -0.116. The Morgan fingerprint density at radius 3 is 2.59 bits per heavy atom. The van der Waals surface area contributed by atoms with Crippen molar-refractivity contribution in [1.82, 2.24) is 14.9 Å². The van der Waals surface area contributed by atoms with Crippen LogP contribution in [0.2, 0.25) is 0 Å². The Balaban J connectivity index is 1.42. The number of aromatic nitrogens is 2. The second-order valence-electron chi connectivity index (χ2n) is 8.39. The largest absolute Gasteiger partial charge is 0.352 e. The van der Waals surface area contributed by atoms with Crippen molar-refractivity contribution >= 4 is 28.5 Å². The van der Waals surface area contributed by atoms with Crippen LogP contribution in [0.1, 0.15) is 40.7 Å². The van der Waals surface area contributed by atoms with E-state index < -0.39 is 0 Å². The van der Waals surface area contributed by atoms with Crippen LogP contribution >= 0.6 is 0 Å². The fourth-order valence-electron chi connectivity index (χ4n) is 4.11. The van der Waals surface area contributed by atoms with Crippen LogP contribution in [0.25, 0.3) is 11.0 Å². The normalized spacial score (nSPS) is 10.9. The molecule has 0 atom stereocenters. The number of nitrogens with zero attached hydrogens (tertiary/aromatic N) is 2. The number of benzene rings is 3. The molecule has 0 aliphatic carbocycles. The average Bonchev–Trinajstić information content (AvgIpc) is 3.19. The van der Waals surface area contributed by atoms with Gasteiger partial charge in [0.2, 0.25) is 5.91 Å². The molecule has 0 unspecified atom stereocenters. The van der Waals surface area contributed by atoms with Gasteiger partial charge < -0.3 is 15.2 Å². The first-order valence-corrected chi connectivity index (χ1v) is 11.7. The molecule has 0 aliphatic heterocycles. The first kappa shape index (κ1) is 23.2.